The summed E-state index contributed by atoms with van der Waals surface area (Å²) in [7, 11) is 0. The Kier molecular flexibility index (Phi) is 3.46. The fourth-order valence-electron chi connectivity index (χ4n) is 1.72. The molecule has 0 unspecified atom stereocenters. The molecule has 86 valence electrons. The lowest BCUT2D eigenvalue weighted by Gasteiger charge is -2.11. The quantitative estimate of drug-likeness (QED) is 0.862. The number of carbonyl (C=O) groups excluding carboxylic acids is 1. The molecule has 1 N–H and O–H groups in total. The molecule has 1 heterocycles. The van der Waals surface area contributed by atoms with E-state index in [1.807, 2.05) is 25.1 Å². The van der Waals surface area contributed by atoms with Crippen LogP contribution < -0.4 is 5.32 Å². The van der Waals surface area contributed by atoms with Gasteiger partial charge < -0.3 is 10.1 Å². The molecule has 1 aromatic carbocycles. The van der Waals surface area contributed by atoms with Crippen LogP contribution in [0.5, 0.6) is 0 Å². The lowest BCUT2D eigenvalue weighted by Crippen LogP contribution is -2.26. The van der Waals surface area contributed by atoms with Crippen LogP contribution in [-0.2, 0) is 9.53 Å². The maximum Gasteiger partial charge on any atom is 0.253 e. The second-order valence-electron chi connectivity index (χ2n) is 3.97. The molecule has 2 rings (SSSR count). The van der Waals surface area contributed by atoms with Gasteiger partial charge >= 0.3 is 0 Å². The number of aryl methyl sites for hydroxylation is 1. The van der Waals surface area contributed by atoms with Gasteiger partial charge in [0.15, 0.2) is 0 Å². The van der Waals surface area contributed by atoms with Gasteiger partial charge in [0.2, 0.25) is 0 Å². The number of nitrogens with one attached hydrogen (secondary N) is 1. The fraction of sp³-hybridized carbons (Fsp3) is 0.417. The van der Waals surface area contributed by atoms with E-state index in [0.29, 0.717) is 17.3 Å². The Morgan fingerprint density at radius 2 is 2.38 bits per heavy atom. The fourth-order valence-corrected chi connectivity index (χ4v) is 2.00. The van der Waals surface area contributed by atoms with Crippen molar-refractivity contribution in [2.75, 3.05) is 11.9 Å². The maximum absolute atomic E-state index is 11.8. The highest BCUT2D eigenvalue weighted by molar-refractivity contribution is 6.33. The van der Waals surface area contributed by atoms with Gasteiger partial charge in [-0.15, -0.1) is 0 Å². The lowest BCUT2D eigenvalue weighted by atomic mass is 10.2. The molecule has 1 fully saturated rings. The highest BCUT2D eigenvalue weighted by Gasteiger charge is 2.23. The summed E-state index contributed by atoms with van der Waals surface area (Å²) in [6.45, 7) is 2.62. The number of rotatable bonds is 2. The number of carbonyl (C=O) groups is 1. The molecular weight excluding hydrogens is 226 g/mol. The van der Waals surface area contributed by atoms with Crippen LogP contribution in [0.25, 0.3) is 0 Å². The molecule has 0 spiro atoms. The van der Waals surface area contributed by atoms with Gasteiger partial charge in [-0.2, -0.15) is 0 Å². The largest absolute Gasteiger partial charge is 0.368 e. The van der Waals surface area contributed by atoms with Crippen LogP contribution >= 0.6 is 11.6 Å². The van der Waals surface area contributed by atoms with Crippen molar-refractivity contribution < 1.29 is 9.53 Å². The first kappa shape index (κ1) is 11.4. The summed E-state index contributed by atoms with van der Waals surface area (Å²) >= 11 is 6.02. The first-order chi connectivity index (χ1) is 7.66. The Bertz CT molecular complexity index is 400. The predicted octanol–water partition coefficient (Wildman–Crippen LogP) is 2.77. The standard InChI is InChI=1S/C12H14ClNO2/c1-8-4-5-10(9(13)7-8)14-12(15)11-3-2-6-16-11/h4-5,7,11H,2-3,6H2,1H3,(H,14,15)/t11-/m0/s1. The zero-order chi connectivity index (χ0) is 11.5. The van der Waals surface area contributed by atoms with E-state index >= 15 is 0 Å². The molecule has 1 aliphatic rings. The second kappa shape index (κ2) is 4.85. The number of halogens is 1. The minimum Gasteiger partial charge on any atom is -0.368 e. The van der Waals surface area contributed by atoms with Gasteiger partial charge in [0.1, 0.15) is 6.10 Å². The van der Waals surface area contributed by atoms with Gasteiger partial charge in [-0.05, 0) is 37.5 Å². The van der Waals surface area contributed by atoms with Crippen LogP contribution in [-0.4, -0.2) is 18.6 Å². The van der Waals surface area contributed by atoms with E-state index in [2.05, 4.69) is 5.32 Å². The van der Waals surface area contributed by atoms with Crippen LogP contribution in [0.3, 0.4) is 0 Å². The van der Waals surface area contributed by atoms with Gasteiger partial charge in [-0.1, -0.05) is 17.7 Å². The number of hydrogen-bond acceptors (Lipinski definition) is 2. The van der Waals surface area contributed by atoms with Crippen LogP contribution in [0.2, 0.25) is 5.02 Å². The van der Waals surface area contributed by atoms with Crippen LogP contribution in [0.15, 0.2) is 18.2 Å². The predicted molar refractivity (Wildman–Crippen MR) is 63.8 cm³/mol. The molecule has 4 heteroatoms. The molecule has 0 radical (unpaired) electrons. The highest BCUT2D eigenvalue weighted by atomic mass is 35.5. The summed E-state index contributed by atoms with van der Waals surface area (Å²) in [6.07, 6.45) is 1.41. The topological polar surface area (TPSA) is 38.3 Å². The van der Waals surface area contributed by atoms with Crippen molar-refractivity contribution in [2.45, 2.75) is 25.9 Å². The van der Waals surface area contributed by atoms with Crippen LogP contribution in [0.1, 0.15) is 18.4 Å². The summed E-state index contributed by atoms with van der Waals surface area (Å²) in [6, 6.07) is 5.55. The molecule has 0 saturated carbocycles. The van der Waals surface area contributed by atoms with Crippen molar-refractivity contribution in [3.8, 4) is 0 Å². The average Bonchev–Trinajstić information content (AvgIpc) is 2.75. The number of anilines is 1. The Labute approximate surface area is 99.7 Å². The molecule has 1 saturated heterocycles. The smallest absolute Gasteiger partial charge is 0.253 e. The molecule has 1 aromatic rings. The SMILES string of the molecule is Cc1ccc(NC(=O)[C@@H]2CCCO2)c(Cl)c1. The first-order valence-electron chi connectivity index (χ1n) is 5.35. The van der Waals surface area contributed by atoms with Crippen molar-refractivity contribution in [2.24, 2.45) is 0 Å². The van der Waals surface area contributed by atoms with E-state index in [0.717, 1.165) is 18.4 Å². The van der Waals surface area contributed by atoms with E-state index < -0.39 is 0 Å². The van der Waals surface area contributed by atoms with E-state index in [-0.39, 0.29) is 12.0 Å². The molecule has 1 atom stereocenters. The van der Waals surface area contributed by atoms with E-state index in [1.54, 1.807) is 0 Å². The summed E-state index contributed by atoms with van der Waals surface area (Å²) in [5.41, 5.74) is 1.72. The van der Waals surface area contributed by atoms with Crippen molar-refractivity contribution >= 4 is 23.2 Å². The highest BCUT2D eigenvalue weighted by Crippen LogP contribution is 2.24. The van der Waals surface area contributed by atoms with Crippen molar-refractivity contribution in [1.82, 2.24) is 0 Å². The summed E-state index contributed by atoms with van der Waals surface area (Å²) < 4.78 is 5.30. The molecule has 0 aromatic heterocycles. The van der Waals surface area contributed by atoms with Crippen molar-refractivity contribution in [1.29, 1.82) is 0 Å². The number of amides is 1. The molecule has 1 aliphatic heterocycles. The first-order valence-corrected chi connectivity index (χ1v) is 5.73. The van der Waals surface area contributed by atoms with Gasteiger partial charge in [-0.3, -0.25) is 4.79 Å². The van der Waals surface area contributed by atoms with E-state index in [4.69, 9.17) is 16.3 Å². The molecule has 1 amide bonds. The monoisotopic (exact) mass is 239 g/mol. The maximum atomic E-state index is 11.8. The zero-order valence-electron chi connectivity index (χ0n) is 9.13. The van der Waals surface area contributed by atoms with Crippen molar-refractivity contribution in [3.63, 3.8) is 0 Å². The van der Waals surface area contributed by atoms with Crippen LogP contribution in [0, 0.1) is 6.92 Å². The van der Waals surface area contributed by atoms with Gasteiger partial charge in [0.25, 0.3) is 5.91 Å². The number of benzene rings is 1. The third kappa shape index (κ3) is 2.54. The Balaban J connectivity index is 2.05. The van der Waals surface area contributed by atoms with Gasteiger partial charge in [0.05, 0.1) is 10.7 Å². The number of hydrogen-bond donors (Lipinski definition) is 1. The third-order valence-electron chi connectivity index (χ3n) is 2.60. The summed E-state index contributed by atoms with van der Waals surface area (Å²) in [4.78, 5) is 11.8. The molecule has 3 nitrogen and oxygen atoms in total. The third-order valence-corrected chi connectivity index (χ3v) is 2.92. The minimum atomic E-state index is -0.322. The summed E-state index contributed by atoms with van der Waals surface area (Å²) in [5.74, 6) is -0.108. The van der Waals surface area contributed by atoms with Gasteiger partial charge in [-0.25, -0.2) is 0 Å². The second-order valence-corrected chi connectivity index (χ2v) is 4.38. The average molecular weight is 240 g/mol. The summed E-state index contributed by atoms with van der Waals surface area (Å²) in [5, 5.41) is 3.34. The molecular formula is C12H14ClNO2. The van der Waals surface area contributed by atoms with Gasteiger partial charge in [0, 0.05) is 6.61 Å². The van der Waals surface area contributed by atoms with Crippen molar-refractivity contribution in [3.05, 3.63) is 28.8 Å². The molecule has 16 heavy (non-hydrogen) atoms. The number of ether oxygens (including phenoxy) is 1. The van der Waals surface area contributed by atoms with E-state index in [9.17, 15) is 4.79 Å². The Morgan fingerprint density at radius 3 is 3.00 bits per heavy atom. The lowest BCUT2D eigenvalue weighted by molar-refractivity contribution is -0.124. The van der Waals surface area contributed by atoms with E-state index in [1.165, 1.54) is 0 Å². The molecule has 0 bridgehead atoms. The van der Waals surface area contributed by atoms with Crippen LogP contribution in [0.4, 0.5) is 5.69 Å². The zero-order valence-corrected chi connectivity index (χ0v) is 9.88. The normalized spacial score (nSPS) is 19.8. The molecule has 0 aliphatic carbocycles. The minimum absolute atomic E-state index is 0.108. The Hall–Kier alpha value is -1.06. The Morgan fingerprint density at radius 1 is 1.56 bits per heavy atom.